The Bertz CT molecular complexity index is 854. The first-order valence-electron chi connectivity index (χ1n) is 8.43. The van der Waals surface area contributed by atoms with Crippen LogP contribution in [0, 0.1) is 11.6 Å². The van der Waals surface area contributed by atoms with Crippen LogP contribution in [-0.4, -0.2) is 42.7 Å². The Labute approximate surface area is 166 Å². The maximum Gasteiger partial charge on any atom is 0.175 e. The topological polar surface area (TPSA) is 29.5 Å². The lowest BCUT2D eigenvalue weighted by molar-refractivity contribution is -0.111. The Morgan fingerprint density at radius 2 is 1.93 bits per heavy atom. The molecule has 0 amide bonds. The molecule has 0 unspecified atom stereocenters. The molecule has 27 heavy (non-hydrogen) atoms. The van der Waals surface area contributed by atoms with Gasteiger partial charge in [0.2, 0.25) is 0 Å². The van der Waals surface area contributed by atoms with E-state index < -0.39 is 11.6 Å². The monoisotopic (exact) mass is 409 g/mol. The molecule has 0 radical (unpaired) electrons. The summed E-state index contributed by atoms with van der Waals surface area (Å²) in [4.78, 5) is 15.4. The van der Waals surface area contributed by atoms with Crippen molar-refractivity contribution in [3.8, 4) is 0 Å². The van der Waals surface area contributed by atoms with E-state index in [0.717, 1.165) is 17.7 Å². The predicted octanol–water partition coefficient (Wildman–Crippen LogP) is 4.65. The first kappa shape index (κ1) is 19.9. The third-order valence-corrected chi connectivity index (χ3v) is 5.28. The van der Waals surface area contributed by atoms with Gasteiger partial charge in [-0.05, 0) is 35.9 Å². The largest absolute Gasteiger partial charge is 0.378 e. The van der Waals surface area contributed by atoms with E-state index in [4.69, 9.17) is 16.3 Å². The number of carbonyl (C=O) groups excluding carboxylic acids is 1. The van der Waals surface area contributed by atoms with Crippen LogP contribution in [-0.2, 0) is 9.53 Å². The highest BCUT2D eigenvalue weighted by Gasteiger charge is 2.17. The Morgan fingerprint density at radius 1 is 1.15 bits per heavy atom. The molecule has 1 saturated heterocycles. The van der Waals surface area contributed by atoms with Gasteiger partial charge in [0.15, 0.2) is 17.4 Å². The summed E-state index contributed by atoms with van der Waals surface area (Å²) in [5.74, 6) is -1.84. The van der Waals surface area contributed by atoms with E-state index in [0.29, 0.717) is 41.8 Å². The zero-order chi connectivity index (χ0) is 19.2. The molecule has 1 heterocycles. The van der Waals surface area contributed by atoms with Gasteiger partial charge in [0, 0.05) is 34.8 Å². The van der Waals surface area contributed by atoms with Crippen LogP contribution < -0.4 is 0 Å². The normalized spacial score (nSPS) is 15.1. The second-order valence-corrected chi connectivity index (χ2v) is 7.47. The van der Waals surface area contributed by atoms with Gasteiger partial charge in [-0.1, -0.05) is 23.7 Å². The molecular weight excluding hydrogens is 392 g/mol. The van der Waals surface area contributed by atoms with Crippen molar-refractivity contribution in [3.63, 3.8) is 0 Å². The summed E-state index contributed by atoms with van der Waals surface area (Å²) in [6.45, 7) is 2.62. The van der Waals surface area contributed by atoms with Crippen molar-refractivity contribution < 1.29 is 18.3 Å². The smallest absolute Gasteiger partial charge is 0.175 e. The van der Waals surface area contributed by atoms with Crippen molar-refractivity contribution in [2.75, 3.05) is 32.1 Å². The molecule has 2 aromatic carbocycles. The minimum Gasteiger partial charge on any atom is -0.378 e. The molecule has 2 aromatic rings. The maximum atomic E-state index is 13.4. The molecule has 0 atom stereocenters. The number of ether oxygens (including phenoxy) is 1. The quantitative estimate of drug-likeness (QED) is 0.513. The van der Waals surface area contributed by atoms with Gasteiger partial charge in [-0.15, -0.1) is 11.8 Å². The van der Waals surface area contributed by atoms with Crippen molar-refractivity contribution in [3.05, 3.63) is 70.9 Å². The number of thioether (sulfide) groups is 1. The van der Waals surface area contributed by atoms with Gasteiger partial charge in [-0.3, -0.25) is 4.79 Å². The number of nitrogens with zero attached hydrogens (tertiary/aromatic N) is 1. The highest BCUT2D eigenvalue weighted by Crippen LogP contribution is 2.26. The summed E-state index contributed by atoms with van der Waals surface area (Å²) >= 11 is 7.25. The van der Waals surface area contributed by atoms with Crippen LogP contribution in [0.15, 0.2) is 53.6 Å². The average Bonchev–Trinajstić information content (AvgIpc) is 2.67. The standard InChI is InChI=1S/C20H18ClF2NO2S/c21-15-3-1-2-14(10-15)17(12-24-6-8-26-9-7-24)20(25)13-27-16-4-5-18(22)19(23)11-16/h1-5,10-12H,6-9,13H2/b17-12+. The number of hydrogen-bond acceptors (Lipinski definition) is 4. The van der Waals surface area contributed by atoms with Crippen molar-refractivity contribution in [2.45, 2.75) is 4.90 Å². The van der Waals surface area contributed by atoms with Crippen LogP contribution in [0.1, 0.15) is 5.56 Å². The second-order valence-electron chi connectivity index (χ2n) is 5.99. The van der Waals surface area contributed by atoms with Gasteiger partial charge >= 0.3 is 0 Å². The molecule has 3 nitrogen and oxygen atoms in total. The number of carbonyl (C=O) groups is 1. The summed E-state index contributed by atoms with van der Waals surface area (Å²) in [6.07, 6.45) is 1.84. The zero-order valence-corrected chi connectivity index (χ0v) is 16.0. The molecule has 0 aliphatic carbocycles. The zero-order valence-electron chi connectivity index (χ0n) is 14.5. The van der Waals surface area contributed by atoms with E-state index in [9.17, 15) is 13.6 Å². The van der Waals surface area contributed by atoms with Gasteiger partial charge in [0.05, 0.1) is 19.0 Å². The lowest BCUT2D eigenvalue weighted by atomic mass is 10.0. The number of allylic oxidation sites excluding steroid dienone is 1. The molecule has 0 bridgehead atoms. The lowest BCUT2D eigenvalue weighted by Crippen LogP contribution is -2.32. The van der Waals surface area contributed by atoms with E-state index in [1.807, 2.05) is 17.2 Å². The van der Waals surface area contributed by atoms with Gasteiger partial charge in [0.25, 0.3) is 0 Å². The molecule has 0 N–H and O–H groups in total. The van der Waals surface area contributed by atoms with E-state index >= 15 is 0 Å². The molecule has 1 aliphatic heterocycles. The van der Waals surface area contributed by atoms with E-state index in [1.165, 1.54) is 17.8 Å². The van der Waals surface area contributed by atoms with Crippen molar-refractivity contribution in [1.29, 1.82) is 0 Å². The van der Waals surface area contributed by atoms with Crippen LogP contribution in [0.4, 0.5) is 8.78 Å². The van der Waals surface area contributed by atoms with Crippen molar-refractivity contribution >= 4 is 34.7 Å². The Morgan fingerprint density at radius 3 is 2.63 bits per heavy atom. The maximum absolute atomic E-state index is 13.4. The molecule has 0 aromatic heterocycles. The Balaban J connectivity index is 1.79. The fraction of sp³-hybridized carbons (Fsp3) is 0.250. The van der Waals surface area contributed by atoms with Crippen LogP contribution in [0.2, 0.25) is 5.02 Å². The summed E-state index contributed by atoms with van der Waals surface area (Å²) in [5, 5.41) is 0.543. The summed E-state index contributed by atoms with van der Waals surface area (Å²) in [7, 11) is 0. The lowest BCUT2D eigenvalue weighted by Gasteiger charge is -2.26. The van der Waals surface area contributed by atoms with Gasteiger partial charge in [0.1, 0.15) is 0 Å². The third-order valence-electron chi connectivity index (χ3n) is 4.05. The average molecular weight is 410 g/mol. The fourth-order valence-corrected chi connectivity index (χ4v) is 3.64. The molecule has 0 saturated carbocycles. The van der Waals surface area contributed by atoms with Crippen LogP contribution in [0.5, 0.6) is 0 Å². The molecule has 142 valence electrons. The first-order valence-corrected chi connectivity index (χ1v) is 9.80. The third kappa shape index (κ3) is 5.54. The number of halogens is 3. The molecule has 0 spiro atoms. The van der Waals surface area contributed by atoms with E-state index in [-0.39, 0.29) is 11.5 Å². The van der Waals surface area contributed by atoms with Crippen LogP contribution in [0.3, 0.4) is 0 Å². The molecule has 3 rings (SSSR count). The number of hydrogen-bond donors (Lipinski definition) is 0. The van der Waals surface area contributed by atoms with Crippen LogP contribution >= 0.6 is 23.4 Å². The van der Waals surface area contributed by atoms with E-state index in [1.54, 1.807) is 18.2 Å². The number of Topliss-reactive ketones (excluding diaryl/α,β-unsaturated/α-hetero) is 1. The molecule has 7 heteroatoms. The highest BCUT2D eigenvalue weighted by atomic mass is 35.5. The Hall–Kier alpha value is -1.89. The number of benzene rings is 2. The first-order chi connectivity index (χ1) is 13.0. The van der Waals surface area contributed by atoms with Gasteiger partial charge in [-0.25, -0.2) is 8.78 Å². The summed E-state index contributed by atoms with van der Waals surface area (Å²) < 4.78 is 31.8. The van der Waals surface area contributed by atoms with E-state index in [2.05, 4.69) is 0 Å². The summed E-state index contributed by atoms with van der Waals surface area (Å²) in [5.41, 5.74) is 1.26. The predicted molar refractivity (Wildman–Crippen MR) is 104 cm³/mol. The fourth-order valence-electron chi connectivity index (χ4n) is 2.65. The second kappa shape index (κ2) is 9.35. The number of ketones is 1. The summed E-state index contributed by atoms with van der Waals surface area (Å²) in [6, 6.07) is 10.7. The van der Waals surface area contributed by atoms with Gasteiger partial charge in [-0.2, -0.15) is 0 Å². The van der Waals surface area contributed by atoms with Crippen molar-refractivity contribution in [1.82, 2.24) is 4.90 Å². The Kier molecular flexibility index (Phi) is 6.88. The number of rotatable bonds is 6. The van der Waals surface area contributed by atoms with Crippen molar-refractivity contribution in [2.24, 2.45) is 0 Å². The minimum absolute atomic E-state index is 0.105. The molecular formula is C20H18ClF2NO2S. The highest BCUT2D eigenvalue weighted by molar-refractivity contribution is 8.00. The van der Waals surface area contributed by atoms with Crippen LogP contribution in [0.25, 0.3) is 5.57 Å². The molecule has 1 fully saturated rings. The van der Waals surface area contributed by atoms with Gasteiger partial charge < -0.3 is 9.64 Å². The number of morpholine rings is 1. The molecule has 1 aliphatic rings. The minimum atomic E-state index is -0.925. The SMILES string of the molecule is O=C(CSc1ccc(F)c(F)c1)/C(=C/N1CCOCC1)c1cccc(Cl)c1.